The van der Waals surface area contributed by atoms with Gasteiger partial charge in [-0.15, -0.1) is 0 Å². The quantitative estimate of drug-likeness (QED) is 0.116. The number of hydrogen-bond acceptors (Lipinski definition) is 12. The van der Waals surface area contributed by atoms with Gasteiger partial charge in [0.05, 0.1) is 25.3 Å². The number of ether oxygens (including phenoxy) is 2. The highest BCUT2D eigenvalue weighted by atomic mass is 33.1. The Hall–Kier alpha value is -2.36. The summed E-state index contributed by atoms with van der Waals surface area (Å²) in [6, 6.07) is 12.7. The minimum atomic E-state index is -0.672. The molecule has 2 atom stereocenters. The summed E-state index contributed by atoms with van der Waals surface area (Å²) in [7, 11) is 5.25. The van der Waals surface area contributed by atoms with Crippen molar-refractivity contribution in [1.29, 1.82) is 0 Å². The van der Waals surface area contributed by atoms with Crippen LogP contribution < -0.4 is 21.7 Å². The van der Waals surface area contributed by atoms with Gasteiger partial charge in [0.25, 0.3) is 11.8 Å². The number of amides is 2. The first kappa shape index (κ1) is 33.8. The van der Waals surface area contributed by atoms with Crippen molar-refractivity contribution in [2.24, 2.45) is 0 Å². The van der Waals surface area contributed by atoms with Gasteiger partial charge in [0.2, 0.25) is 0 Å². The van der Waals surface area contributed by atoms with E-state index >= 15 is 0 Å². The third-order valence-corrected chi connectivity index (χ3v) is 9.17. The fourth-order valence-corrected chi connectivity index (χ4v) is 6.54. The molecule has 218 valence electrons. The van der Waals surface area contributed by atoms with Crippen molar-refractivity contribution in [2.45, 2.75) is 34.7 Å². The molecule has 14 heteroatoms. The number of hydrazine groups is 2. The van der Waals surface area contributed by atoms with Crippen molar-refractivity contribution in [3.8, 4) is 0 Å². The summed E-state index contributed by atoms with van der Waals surface area (Å²) in [4.78, 5) is 51.4. The Morgan fingerprint density at radius 1 is 0.675 bits per heavy atom. The monoisotopic (exact) mass is 626 g/mol. The fraction of sp³-hybridized carbons (Fsp3) is 0.385. The molecular formula is C26H34N4O6S4. The molecule has 0 aromatic heterocycles. The van der Waals surface area contributed by atoms with Gasteiger partial charge in [-0.3, -0.25) is 30.0 Å². The van der Waals surface area contributed by atoms with Crippen molar-refractivity contribution in [3.63, 3.8) is 0 Å². The first-order valence-electron chi connectivity index (χ1n) is 12.1. The van der Waals surface area contributed by atoms with Crippen LogP contribution >= 0.6 is 45.1 Å². The molecule has 10 nitrogen and oxygen atoms in total. The average molecular weight is 627 g/mol. The molecule has 0 radical (unpaired) electrons. The van der Waals surface area contributed by atoms with Gasteiger partial charge in [-0.2, -0.15) is 23.5 Å². The SMILES string of the molecule is COC(=O)[C@H](CCSC)NNC(=O)c1ccccc1SSc1ccccc1C(=O)NN[C@@H](CCSC)C(=O)OC. The molecule has 2 amide bonds. The van der Waals surface area contributed by atoms with E-state index in [1.54, 1.807) is 59.9 Å². The van der Waals surface area contributed by atoms with Crippen LogP contribution in [0.4, 0.5) is 0 Å². The second-order valence-electron chi connectivity index (χ2n) is 8.07. The Balaban J connectivity index is 2.08. The Labute approximate surface area is 251 Å². The van der Waals surface area contributed by atoms with E-state index in [0.29, 0.717) is 33.8 Å². The third-order valence-electron chi connectivity index (χ3n) is 5.40. The van der Waals surface area contributed by atoms with E-state index in [1.807, 2.05) is 24.6 Å². The molecule has 2 aromatic carbocycles. The zero-order chi connectivity index (χ0) is 29.3. The van der Waals surface area contributed by atoms with Crippen molar-refractivity contribution < 1.29 is 28.7 Å². The summed E-state index contributed by atoms with van der Waals surface area (Å²) in [5.74, 6) is -0.296. The first-order chi connectivity index (χ1) is 19.4. The van der Waals surface area contributed by atoms with Crippen LogP contribution in [0.2, 0.25) is 0 Å². The highest BCUT2D eigenvalue weighted by Gasteiger charge is 2.22. The number of nitrogens with one attached hydrogen (secondary N) is 4. The Bertz CT molecular complexity index is 1050. The summed E-state index contributed by atoms with van der Waals surface area (Å²) in [6.07, 6.45) is 4.85. The van der Waals surface area contributed by atoms with Gasteiger partial charge in [0.15, 0.2) is 0 Å². The average Bonchev–Trinajstić information content (AvgIpc) is 2.99. The number of rotatable bonds is 17. The van der Waals surface area contributed by atoms with Gasteiger partial charge < -0.3 is 9.47 Å². The molecule has 0 aliphatic rings. The van der Waals surface area contributed by atoms with Crippen LogP contribution in [0.5, 0.6) is 0 Å². The topological polar surface area (TPSA) is 135 Å². The number of benzene rings is 2. The molecule has 2 aromatic rings. The number of carbonyl (C=O) groups excluding carboxylic acids is 4. The maximum Gasteiger partial charge on any atom is 0.324 e. The zero-order valence-corrected chi connectivity index (χ0v) is 26.0. The molecular weight excluding hydrogens is 593 g/mol. The van der Waals surface area contributed by atoms with Crippen LogP contribution in [0.1, 0.15) is 33.6 Å². The lowest BCUT2D eigenvalue weighted by molar-refractivity contribution is -0.144. The summed E-state index contributed by atoms with van der Waals surface area (Å²) >= 11 is 3.18. The van der Waals surface area contributed by atoms with Gasteiger partial charge >= 0.3 is 11.9 Å². The van der Waals surface area contributed by atoms with Gasteiger partial charge in [0, 0.05) is 9.79 Å². The van der Waals surface area contributed by atoms with E-state index in [-0.39, 0.29) is 0 Å². The van der Waals surface area contributed by atoms with Gasteiger partial charge in [0.1, 0.15) is 12.1 Å². The number of carbonyl (C=O) groups is 4. The Kier molecular flexibility index (Phi) is 16.0. The van der Waals surface area contributed by atoms with Crippen molar-refractivity contribution in [2.75, 3.05) is 38.2 Å². The molecule has 40 heavy (non-hydrogen) atoms. The van der Waals surface area contributed by atoms with Crippen molar-refractivity contribution in [1.82, 2.24) is 21.7 Å². The Morgan fingerprint density at radius 2 is 1.05 bits per heavy atom. The molecule has 0 fully saturated rings. The first-order valence-corrected chi connectivity index (χ1v) is 17.1. The minimum absolute atomic E-state index is 0.402. The van der Waals surface area contributed by atoms with E-state index in [2.05, 4.69) is 21.7 Å². The van der Waals surface area contributed by atoms with Crippen LogP contribution in [0, 0.1) is 0 Å². The lowest BCUT2D eigenvalue weighted by Crippen LogP contribution is -2.49. The highest BCUT2D eigenvalue weighted by molar-refractivity contribution is 8.76. The molecule has 0 aliphatic carbocycles. The Morgan fingerprint density at radius 3 is 1.40 bits per heavy atom. The third kappa shape index (κ3) is 10.9. The maximum atomic E-state index is 13.0. The second-order valence-corrected chi connectivity index (χ2v) is 12.3. The van der Waals surface area contributed by atoms with Crippen LogP contribution in [0.15, 0.2) is 58.3 Å². The van der Waals surface area contributed by atoms with Crippen LogP contribution in [0.25, 0.3) is 0 Å². The number of esters is 2. The summed E-state index contributed by atoms with van der Waals surface area (Å²) in [6.45, 7) is 0. The predicted molar refractivity (Wildman–Crippen MR) is 163 cm³/mol. The summed E-state index contributed by atoms with van der Waals surface area (Å²) < 4.78 is 9.65. The van der Waals surface area contributed by atoms with Crippen LogP contribution in [-0.4, -0.2) is 74.1 Å². The fourth-order valence-electron chi connectivity index (χ4n) is 3.24. The van der Waals surface area contributed by atoms with Crippen molar-refractivity contribution in [3.05, 3.63) is 59.7 Å². The molecule has 0 aliphatic heterocycles. The normalized spacial score (nSPS) is 12.2. The summed E-state index contributed by atoms with van der Waals surface area (Å²) in [5, 5.41) is 0. The zero-order valence-electron chi connectivity index (χ0n) is 22.7. The van der Waals surface area contributed by atoms with E-state index in [4.69, 9.17) is 9.47 Å². The molecule has 0 spiro atoms. The predicted octanol–water partition coefficient (Wildman–Crippen LogP) is 3.54. The van der Waals surface area contributed by atoms with E-state index in [0.717, 1.165) is 11.5 Å². The lowest BCUT2D eigenvalue weighted by Gasteiger charge is -2.18. The highest BCUT2D eigenvalue weighted by Crippen LogP contribution is 2.40. The van der Waals surface area contributed by atoms with Gasteiger partial charge in [-0.05, 0) is 61.1 Å². The van der Waals surface area contributed by atoms with Crippen molar-refractivity contribution >= 4 is 68.9 Å². The molecule has 4 N–H and O–H groups in total. The molecule has 0 unspecified atom stereocenters. The number of thioether (sulfide) groups is 2. The standard InChI is InChI=1S/C26H34N4O6S4/c1-35-25(33)19(13-15-37-3)27-29-23(31)17-9-5-7-11-21(17)39-40-22-12-8-6-10-18(22)24(32)30-28-20(14-16-38-4)26(34)36-2/h5-12,19-20,27-28H,13-16H2,1-4H3,(H,29,31)(H,30,32)/t19-,20-/m0/s1. The molecule has 0 heterocycles. The van der Waals surface area contributed by atoms with Gasteiger partial charge in [-0.25, -0.2) is 10.9 Å². The van der Waals surface area contributed by atoms with E-state index in [1.165, 1.54) is 35.8 Å². The number of hydrogen-bond donors (Lipinski definition) is 4. The molecule has 2 rings (SSSR count). The van der Waals surface area contributed by atoms with Crippen LogP contribution in [-0.2, 0) is 19.1 Å². The lowest BCUT2D eigenvalue weighted by atomic mass is 10.2. The van der Waals surface area contributed by atoms with Crippen LogP contribution in [0.3, 0.4) is 0 Å². The van der Waals surface area contributed by atoms with Gasteiger partial charge in [-0.1, -0.05) is 45.9 Å². The minimum Gasteiger partial charge on any atom is -0.468 e. The smallest absolute Gasteiger partial charge is 0.324 e. The van der Waals surface area contributed by atoms with E-state index < -0.39 is 35.8 Å². The van der Waals surface area contributed by atoms with E-state index in [9.17, 15) is 19.2 Å². The molecule has 0 saturated carbocycles. The molecule has 0 saturated heterocycles. The largest absolute Gasteiger partial charge is 0.468 e. The number of methoxy groups -OCH3 is 2. The maximum absolute atomic E-state index is 13.0. The second kappa shape index (κ2) is 18.9. The summed E-state index contributed by atoms with van der Waals surface area (Å²) in [5.41, 5.74) is 11.6. The molecule has 0 bridgehead atoms.